The fraction of sp³-hybridized carbons (Fsp3) is 0.550. The minimum Gasteiger partial charge on any atom is -0.320 e. The molecule has 3 atom stereocenters. The number of rotatable bonds is 6. The van der Waals surface area contributed by atoms with Crippen LogP contribution in [-0.2, 0) is 22.5 Å². The maximum Gasteiger partial charge on any atom is 0.420 e. The van der Waals surface area contributed by atoms with Crippen molar-refractivity contribution in [3.8, 4) is 0 Å². The molecular weight excluding hydrogens is 504 g/mol. The van der Waals surface area contributed by atoms with Gasteiger partial charge in [0.05, 0.1) is 17.3 Å². The predicted octanol–water partition coefficient (Wildman–Crippen LogP) is 4.18. The second-order valence-corrected chi connectivity index (χ2v) is 11.5. The summed E-state index contributed by atoms with van der Waals surface area (Å²) < 4.78 is 103. The summed E-state index contributed by atoms with van der Waals surface area (Å²) in [5.41, 5.74) is -4.17. The zero-order valence-electron chi connectivity index (χ0n) is 18.5. The third-order valence-corrected chi connectivity index (χ3v) is 7.36. The van der Waals surface area contributed by atoms with Crippen LogP contribution in [0.15, 0.2) is 23.4 Å². The first-order valence-electron chi connectivity index (χ1n) is 10.5. The van der Waals surface area contributed by atoms with E-state index < -0.39 is 68.1 Å². The Hall–Kier alpha value is -2.84. The van der Waals surface area contributed by atoms with Crippen molar-refractivity contribution in [1.29, 1.82) is 4.78 Å². The fourth-order valence-corrected chi connectivity index (χ4v) is 4.98. The molecule has 0 spiro atoms. The first-order chi connectivity index (χ1) is 15.9. The number of alkyl halides is 6. The van der Waals surface area contributed by atoms with E-state index in [9.17, 15) is 40.6 Å². The van der Waals surface area contributed by atoms with Crippen molar-refractivity contribution in [2.75, 3.05) is 11.6 Å². The lowest BCUT2D eigenvalue weighted by Gasteiger charge is -2.17. The van der Waals surface area contributed by atoms with Crippen molar-refractivity contribution in [2.45, 2.75) is 56.0 Å². The maximum atomic E-state index is 14.1. The Bertz CT molecular complexity index is 1300. The van der Waals surface area contributed by atoms with E-state index in [1.54, 1.807) is 0 Å². The molecule has 3 unspecified atom stereocenters. The molecule has 0 radical (unpaired) electrons. The molecule has 2 heterocycles. The van der Waals surface area contributed by atoms with Gasteiger partial charge in [0.1, 0.15) is 21.0 Å². The summed E-state index contributed by atoms with van der Waals surface area (Å²) in [6, 6.07) is 2.06. The third kappa shape index (κ3) is 4.95. The van der Waals surface area contributed by atoms with Crippen molar-refractivity contribution in [3.05, 3.63) is 35.3 Å². The molecule has 8 nitrogen and oxygen atoms in total. The number of anilines is 1. The van der Waals surface area contributed by atoms with Gasteiger partial charge in [0.2, 0.25) is 6.20 Å². The Balaban J connectivity index is 1.76. The summed E-state index contributed by atoms with van der Waals surface area (Å²) in [6.45, 7) is 0.746. The highest BCUT2D eigenvalue weighted by Crippen LogP contribution is 2.61. The van der Waals surface area contributed by atoms with Crippen LogP contribution in [0.5, 0.6) is 0 Å². The number of halogens is 6. The Morgan fingerprint density at radius 2 is 1.97 bits per heavy atom. The van der Waals surface area contributed by atoms with Gasteiger partial charge < -0.3 is 5.32 Å². The lowest BCUT2D eigenvalue weighted by molar-refractivity contribution is -0.932. The molecule has 0 bridgehead atoms. The molecule has 2 fully saturated rings. The molecule has 1 amide bonds. The van der Waals surface area contributed by atoms with Crippen molar-refractivity contribution in [3.63, 3.8) is 0 Å². The van der Waals surface area contributed by atoms with Crippen molar-refractivity contribution < 1.29 is 45.3 Å². The van der Waals surface area contributed by atoms with Gasteiger partial charge in [-0.05, 0) is 24.7 Å². The second kappa shape index (κ2) is 7.83. The van der Waals surface area contributed by atoms with Crippen LogP contribution in [0.1, 0.15) is 53.8 Å². The van der Waals surface area contributed by atoms with Crippen molar-refractivity contribution in [1.82, 2.24) is 9.78 Å². The fourth-order valence-electron chi connectivity index (χ4n) is 4.21. The van der Waals surface area contributed by atoms with Gasteiger partial charge in [-0.1, -0.05) is 6.92 Å². The normalized spacial score (nSPS) is 24.2. The summed E-state index contributed by atoms with van der Waals surface area (Å²) in [5.74, 6) is -3.55. The molecule has 0 saturated heterocycles. The highest BCUT2D eigenvalue weighted by atomic mass is 32.2. The molecule has 35 heavy (non-hydrogen) atoms. The van der Waals surface area contributed by atoms with E-state index in [-0.39, 0.29) is 17.8 Å². The number of carbonyl (C=O) groups excluding carboxylic acids is 1. The number of hydrogen-bond acceptors (Lipinski definition) is 5. The highest BCUT2D eigenvalue weighted by molar-refractivity contribution is 7.91. The molecular formula is C20H22F6N5O3S+. The van der Waals surface area contributed by atoms with Crippen LogP contribution in [0.25, 0.3) is 0 Å². The lowest BCUT2D eigenvalue weighted by Crippen LogP contribution is -2.36. The minimum absolute atomic E-state index is 0.170. The SMILES string of the molecule is CC1(Cn2nc(C3CC3)c(C(F)(F)F)c2C(=O)Nc2cc[n+](O)c(S(C)(=N)=O)c2)CC1C(F)(F)F. The van der Waals surface area contributed by atoms with E-state index in [1.807, 2.05) is 0 Å². The Morgan fingerprint density at radius 1 is 1.34 bits per heavy atom. The highest BCUT2D eigenvalue weighted by Gasteiger charge is 2.64. The molecule has 0 aliphatic heterocycles. The molecule has 0 aromatic carbocycles. The standard InChI is InChI=1S/C20H21F6N5O3S/c1-18(8-12(18)19(21,22)23)9-30-16(14(20(24,25)26)15(29-30)10-3-4-10)17(32)28-11-5-6-31(33)13(7-11)35(2,27)34/h5-7,10,12,27,33H,3-4,8-9H2,1-2H3/p+1. The average Bonchev–Trinajstić information content (AvgIpc) is 3.59. The number of nitrogens with one attached hydrogen (secondary N) is 2. The molecule has 4 rings (SSSR count). The number of carbonyl (C=O) groups is 1. The van der Waals surface area contributed by atoms with E-state index in [4.69, 9.17) is 4.78 Å². The first-order valence-corrected chi connectivity index (χ1v) is 12.4. The summed E-state index contributed by atoms with van der Waals surface area (Å²) in [7, 11) is -3.47. The molecule has 192 valence electrons. The van der Waals surface area contributed by atoms with Gasteiger partial charge in [-0.2, -0.15) is 31.4 Å². The molecule has 2 aliphatic rings. The topological polar surface area (TPSA) is 112 Å². The van der Waals surface area contributed by atoms with Crippen molar-refractivity contribution in [2.24, 2.45) is 11.3 Å². The molecule has 2 aliphatic carbocycles. The van der Waals surface area contributed by atoms with Crippen LogP contribution in [0.3, 0.4) is 0 Å². The summed E-state index contributed by atoms with van der Waals surface area (Å²) in [6.07, 6.45) is -7.06. The van der Waals surface area contributed by atoms with Gasteiger partial charge in [-0.3, -0.25) is 14.7 Å². The molecule has 15 heteroatoms. The number of hydrogen-bond donors (Lipinski definition) is 3. The number of pyridine rings is 1. The number of amides is 1. The lowest BCUT2D eigenvalue weighted by atomic mass is 10.1. The first kappa shape index (κ1) is 25.3. The van der Waals surface area contributed by atoms with Gasteiger partial charge in [-0.25, -0.2) is 8.99 Å². The largest absolute Gasteiger partial charge is 0.420 e. The van der Waals surface area contributed by atoms with Crippen LogP contribution in [0.4, 0.5) is 32.0 Å². The van der Waals surface area contributed by atoms with E-state index in [0.29, 0.717) is 22.3 Å². The van der Waals surface area contributed by atoms with E-state index in [0.717, 1.165) is 24.6 Å². The molecule has 2 aromatic rings. The van der Waals surface area contributed by atoms with Crippen LogP contribution >= 0.6 is 0 Å². The van der Waals surface area contributed by atoms with Gasteiger partial charge >= 0.3 is 17.4 Å². The molecule has 2 aromatic heterocycles. The Morgan fingerprint density at radius 3 is 2.46 bits per heavy atom. The van der Waals surface area contributed by atoms with Crippen LogP contribution in [-0.4, -0.2) is 37.5 Å². The van der Waals surface area contributed by atoms with Crippen LogP contribution in [0, 0.1) is 16.1 Å². The van der Waals surface area contributed by atoms with Crippen LogP contribution in [0.2, 0.25) is 0 Å². The van der Waals surface area contributed by atoms with E-state index in [2.05, 4.69) is 10.4 Å². The smallest absolute Gasteiger partial charge is 0.320 e. The number of aromatic nitrogens is 3. The van der Waals surface area contributed by atoms with Gasteiger partial charge in [-0.15, -0.1) is 0 Å². The monoisotopic (exact) mass is 526 g/mol. The van der Waals surface area contributed by atoms with E-state index in [1.165, 1.54) is 6.92 Å². The zero-order chi connectivity index (χ0) is 26.1. The minimum atomic E-state index is -4.99. The zero-order valence-corrected chi connectivity index (χ0v) is 19.3. The predicted molar refractivity (Wildman–Crippen MR) is 108 cm³/mol. The average molecular weight is 526 g/mol. The van der Waals surface area contributed by atoms with Gasteiger partial charge in [0.15, 0.2) is 0 Å². The summed E-state index contributed by atoms with van der Waals surface area (Å²) in [5, 5.41) is 15.5. The van der Waals surface area contributed by atoms with Crippen LogP contribution < -0.4 is 10.0 Å². The Kier molecular flexibility index (Phi) is 5.65. The van der Waals surface area contributed by atoms with Gasteiger partial charge in [0.25, 0.3) is 5.91 Å². The maximum absolute atomic E-state index is 14.1. The Labute approximate surface area is 195 Å². The third-order valence-electron chi connectivity index (χ3n) is 6.26. The molecule has 3 N–H and O–H groups in total. The van der Waals surface area contributed by atoms with Crippen molar-refractivity contribution >= 4 is 21.3 Å². The summed E-state index contributed by atoms with van der Waals surface area (Å²) >= 11 is 0. The van der Waals surface area contributed by atoms with Gasteiger partial charge in [0, 0.05) is 35.6 Å². The number of nitrogens with zero attached hydrogens (tertiary/aromatic N) is 3. The molecule has 2 saturated carbocycles. The quantitative estimate of drug-likeness (QED) is 0.298. The van der Waals surface area contributed by atoms with E-state index >= 15 is 0 Å². The second-order valence-electron chi connectivity index (χ2n) is 9.39. The summed E-state index contributed by atoms with van der Waals surface area (Å²) in [4.78, 5) is 13.1.